The lowest BCUT2D eigenvalue weighted by Gasteiger charge is -2.19. The molecule has 5 heteroatoms. The molecule has 0 radical (unpaired) electrons. The maximum atomic E-state index is 12.3. The van der Waals surface area contributed by atoms with E-state index in [1.807, 2.05) is 31.2 Å². The van der Waals surface area contributed by atoms with E-state index in [0.29, 0.717) is 32.1 Å². The number of amides is 1. The van der Waals surface area contributed by atoms with Crippen molar-refractivity contribution in [3.05, 3.63) is 24.3 Å². The number of para-hydroxylation sites is 2. The molecule has 0 spiro atoms. The van der Waals surface area contributed by atoms with E-state index in [0.717, 1.165) is 18.8 Å². The fourth-order valence-corrected chi connectivity index (χ4v) is 2.74. The van der Waals surface area contributed by atoms with E-state index in [-0.39, 0.29) is 5.91 Å². The number of likely N-dealkylation sites (tertiary alicyclic amines) is 1. The Bertz CT molecular complexity index is 471. The summed E-state index contributed by atoms with van der Waals surface area (Å²) >= 11 is 0. The Balaban J connectivity index is 1.84. The molecule has 0 atom stereocenters. The summed E-state index contributed by atoms with van der Waals surface area (Å²) in [4.78, 5) is 14.5. The van der Waals surface area contributed by atoms with Crippen LogP contribution in [0.25, 0.3) is 0 Å². The van der Waals surface area contributed by atoms with Crippen molar-refractivity contribution in [2.45, 2.75) is 32.6 Å². The van der Waals surface area contributed by atoms with Crippen LogP contribution >= 0.6 is 0 Å². The van der Waals surface area contributed by atoms with Gasteiger partial charge in [0.1, 0.15) is 12.4 Å². The first-order valence-electron chi connectivity index (χ1n) is 8.61. The van der Waals surface area contributed by atoms with Crippen molar-refractivity contribution in [1.82, 2.24) is 4.90 Å². The Labute approximate surface area is 139 Å². The van der Waals surface area contributed by atoms with Crippen LogP contribution in [0.1, 0.15) is 32.6 Å². The molecule has 2 rings (SSSR count). The minimum Gasteiger partial charge on any atom is -0.489 e. The van der Waals surface area contributed by atoms with Gasteiger partial charge in [-0.2, -0.15) is 0 Å². The van der Waals surface area contributed by atoms with Gasteiger partial charge in [-0.1, -0.05) is 25.0 Å². The molecule has 1 heterocycles. The second-order valence-electron chi connectivity index (χ2n) is 5.78. The van der Waals surface area contributed by atoms with E-state index in [2.05, 4.69) is 10.2 Å². The minimum atomic E-state index is 0.0211. The van der Waals surface area contributed by atoms with Crippen molar-refractivity contribution in [2.24, 2.45) is 0 Å². The number of rotatable bonds is 8. The van der Waals surface area contributed by atoms with Crippen LogP contribution in [0, 0.1) is 0 Å². The highest BCUT2D eigenvalue weighted by atomic mass is 16.5. The van der Waals surface area contributed by atoms with Gasteiger partial charge in [-0.3, -0.25) is 9.69 Å². The first-order valence-corrected chi connectivity index (χ1v) is 8.61. The third kappa shape index (κ3) is 6.59. The summed E-state index contributed by atoms with van der Waals surface area (Å²) in [5.41, 5.74) is 0.726. The highest BCUT2D eigenvalue weighted by molar-refractivity contribution is 5.93. The van der Waals surface area contributed by atoms with Crippen LogP contribution in [0.15, 0.2) is 24.3 Å². The van der Waals surface area contributed by atoms with Gasteiger partial charge in [0.05, 0.1) is 18.8 Å². The zero-order valence-electron chi connectivity index (χ0n) is 14.1. The van der Waals surface area contributed by atoms with Crippen LogP contribution in [0.2, 0.25) is 0 Å². The molecule has 1 aliphatic rings. The molecular formula is C18H28N2O3. The maximum absolute atomic E-state index is 12.3. The smallest absolute Gasteiger partial charge is 0.238 e. The molecule has 23 heavy (non-hydrogen) atoms. The van der Waals surface area contributed by atoms with Crippen LogP contribution in [0.5, 0.6) is 5.75 Å². The molecule has 0 aromatic heterocycles. The molecule has 128 valence electrons. The second-order valence-corrected chi connectivity index (χ2v) is 5.78. The predicted octanol–water partition coefficient (Wildman–Crippen LogP) is 2.92. The van der Waals surface area contributed by atoms with Crippen molar-refractivity contribution < 1.29 is 14.3 Å². The average molecular weight is 320 g/mol. The molecule has 1 saturated heterocycles. The zero-order valence-corrected chi connectivity index (χ0v) is 14.1. The van der Waals surface area contributed by atoms with Crippen molar-refractivity contribution in [3.8, 4) is 5.75 Å². The highest BCUT2D eigenvalue weighted by Gasteiger charge is 2.14. The molecule has 1 N–H and O–H groups in total. The fraction of sp³-hybridized carbons (Fsp3) is 0.611. The van der Waals surface area contributed by atoms with E-state index in [1.54, 1.807) is 0 Å². The lowest BCUT2D eigenvalue weighted by molar-refractivity contribution is -0.117. The number of nitrogens with one attached hydrogen (secondary N) is 1. The van der Waals surface area contributed by atoms with Crippen LogP contribution in [-0.2, 0) is 9.53 Å². The van der Waals surface area contributed by atoms with Crippen LogP contribution in [-0.4, -0.2) is 50.3 Å². The monoisotopic (exact) mass is 320 g/mol. The standard InChI is InChI=1S/C18H28N2O3/c1-2-22-13-14-23-17-10-6-5-9-16(17)19-18(21)15-20-11-7-3-4-8-12-20/h5-6,9-10H,2-4,7-8,11-15H2,1H3,(H,19,21). The molecule has 1 aromatic carbocycles. The van der Waals surface area contributed by atoms with Gasteiger partial charge in [0, 0.05) is 6.61 Å². The third-order valence-corrected chi connectivity index (χ3v) is 3.92. The Morgan fingerprint density at radius 3 is 2.61 bits per heavy atom. The molecule has 0 saturated carbocycles. The second kappa shape index (κ2) is 10.2. The van der Waals surface area contributed by atoms with Crippen LogP contribution in [0.4, 0.5) is 5.69 Å². The Morgan fingerprint density at radius 2 is 1.87 bits per heavy atom. The normalized spacial score (nSPS) is 15.9. The van der Waals surface area contributed by atoms with E-state index in [4.69, 9.17) is 9.47 Å². The van der Waals surface area contributed by atoms with E-state index in [1.165, 1.54) is 25.7 Å². The van der Waals surface area contributed by atoms with Gasteiger partial charge >= 0.3 is 0 Å². The predicted molar refractivity (Wildman–Crippen MR) is 92.0 cm³/mol. The Hall–Kier alpha value is -1.59. The van der Waals surface area contributed by atoms with Gasteiger partial charge in [0.15, 0.2) is 0 Å². The van der Waals surface area contributed by atoms with Crippen LogP contribution in [0.3, 0.4) is 0 Å². The molecule has 1 amide bonds. The van der Waals surface area contributed by atoms with Crippen molar-refractivity contribution in [1.29, 1.82) is 0 Å². The summed E-state index contributed by atoms with van der Waals surface area (Å²) in [5.74, 6) is 0.712. The molecular weight excluding hydrogens is 292 g/mol. The highest BCUT2D eigenvalue weighted by Crippen LogP contribution is 2.23. The topological polar surface area (TPSA) is 50.8 Å². The van der Waals surface area contributed by atoms with E-state index in [9.17, 15) is 4.79 Å². The molecule has 1 fully saturated rings. The number of ether oxygens (including phenoxy) is 2. The minimum absolute atomic E-state index is 0.0211. The number of hydrogen-bond acceptors (Lipinski definition) is 4. The molecule has 0 unspecified atom stereocenters. The van der Waals surface area contributed by atoms with Gasteiger partial charge in [-0.25, -0.2) is 0 Å². The number of nitrogens with zero attached hydrogens (tertiary/aromatic N) is 1. The summed E-state index contributed by atoms with van der Waals surface area (Å²) in [6.45, 7) is 6.14. The molecule has 0 bridgehead atoms. The van der Waals surface area contributed by atoms with Crippen molar-refractivity contribution in [3.63, 3.8) is 0 Å². The van der Waals surface area contributed by atoms with Gasteiger partial charge in [-0.15, -0.1) is 0 Å². The van der Waals surface area contributed by atoms with Crippen molar-refractivity contribution >= 4 is 11.6 Å². The number of benzene rings is 1. The largest absolute Gasteiger partial charge is 0.489 e. The molecule has 1 aromatic rings. The summed E-state index contributed by atoms with van der Waals surface area (Å²) in [6.07, 6.45) is 4.91. The first kappa shape index (κ1) is 17.8. The van der Waals surface area contributed by atoms with E-state index >= 15 is 0 Å². The summed E-state index contributed by atoms with van der Waals surface area (Å²) in [7, 11) is 0. The van der Waals surface area contributed by atoms with Crippen molar-refractivity contribution in [2.75, 3.05) is 44.8 Å². The van der Waals surface area contributed by atoms with Gasteiger partial charge in [0.25, 0.3) is 0 Å². The fourth-order valence-electron chi connectivity index (χ4n) is 2.74. The third-order valence-electron chi connectivity index (χ3n) is 3.92. The molecule has 5 nitrogen and oxygen atoms in total. The summed E-state index contributed by atoms with van der Waals surface area (Å²) in [5, 5.41) is 2.97. The van der Waals surface area contributed by atoms with Gasteiger partial charge in [0.2, 0.25) is 5.91 Å². The van der Waals surface area contributed by atoms with Crippen LogP contribution < -0.4 is 10.1 Å². The Morgan fingerprint density at radius 1 is 1.13 bits per heavy atom. The summed E-state index contributed by atoms with van der Waals surface area (Å²) in [6, 6.07) is 7.54. The average Bonchev–Trinajstić information content (AvgIpc) is 2.81. The molecule has 1 aliphatic heterocycles. The zero-order chi connectivity index (χ0) is 16.3. The number of anilines is 1. The summed E-state index contributed by atoms with van der Waals surface area (Å²) < 4.78 is 11.0. The van der Waals surface area contributed by atoms with E-state index < -0.39 is 0 Å². The number of hydrogen-bond donors (Lipinski definition) is 1. The molecule has 0 aliphatic carbocycles. The first-order chi connectivity index (χ1) is 11.3. The lowest BCUT2D eigenvalue weighted by Crippen LogP contribution is -2.34. The number of carbonyl (C=O) groups is 1. The van der Waals surface area contributed by atoms with Gasteiger partial charge < -0.3 is 14.8 Å². The SMILES string of the molecule is CCOCCOc1ccccc1NC(=O)CN1CCCCCC1. The quantitative estimate of drug-likeness (QED) is 0.748. The lowest BCUT2D eigenvalue weighted by atomic mass is 10.2. The van der Waals surface area contributed by atoms with Gasteiger partial charge in [-0.05, 0) is 45.0 Å². The maximum Gasteiger partial charge on any atom is 0.238 e. The Kier molecular flexibility index (Phi) is 7.90. The number of carbonyl (C=O) groups excluding carboxylic acids is 1.